The monoisotopic (exact) mass is 473 g/mol. The Bertz CT molecular complexity index is 910. The van der Waals surface area contributed by atoms with Gasteiger partial charge in [-0.25, -0.2) is 9.59 Å². The fourth-order valence-corrected chi connectivity index (χ4v) is 3.59. The van der Waals surface area contributed by atoms with Gasteiger partial charge in [0.15, 0.2) is 0 Å². The largest absolute Gasteiger partial charge is 0.444 e. The number of amides is 2. The van der Waals surface area contributed by atoms with Gasteiger partial charge in [0.2, 0.25) is 0 Å². The molecule has 0 fully saturated rings. The second-order valence-electron chi connectivity index (χ2n) is 10.6. The van der Waals surface area contributed by atoms with Crippen LogP contribution >= 0.6 is 0 Å². The number of carbonyl (C=O) groups excluding carboxylic acids is 2. The summed E-state index contributed by atoms with van der Waals surface area (Å²) in [5.41, 5.74) is 6.24. The molecule has 2 aromatic rings. The van der Waals surface area contributed by atoms with Gasteiger partial charge in [0.1, 0.15) is 11.2 Å². The average Bonchev–Trinajstić information content (AvgIpc) is 3.12. The van der Waals surface area contributed by atoms with Gasteiger partial charge in [-0.3, -0.25) is 4.68 Å². The van der Waals surface area contributed by atoms with E-state index in [4.69, 9.17) is 15.2 Å². The highest BCUT2D eigenvalue weighted by Crippen LogP contribution is 2.29. The molecule has 0 radical (unpaired) electrons. The van der Waals surface area contributed by atoms with Gasteiger partial charge in [-0.15, -0.1) is 0 Å². The number of hydrogen-bond donors (Lipinski definition) is 1. The van der Waals surface area contributed by atoms with Gasteiger partial charge >= 0.3 is 12.2 Å². The Balaban J connectivity index is 2.42. The van der Waals surface area contributed by atoms with Crippen LogP contribution < -0.4 is 5.73 Å². The van der Waals surface area contributed by atoms with E-state index in [0.717, 1.165) is 5.56 Å². The Labute approximate surface area is 202 Å². The maximum Gasteiger partial charge on any atom is 0.410 e. The number of benzene rings is 1. The maximum absolute atomic E-state index is 12.8. The van der Waals surface area contributed by atoms with Crippen LogP contribution in [-0.4, -0.2) is 70.2 Å². The molecule has 188 valence electrons. The van der Waals surface area contributed by atoms with Crippen LogP contribution in [0.15, 0.2) is 42.7 Å². The van der Waals surface area contributed by atoms with E-state index in [-0.39, 0.29) is 12.0 Å². The summed E-state index contributed by atoms with van der Waals surface area (Å²) < 4.78 is 12.9. The lowest BCUT2D eigenvalue weighted by Gasteiger charge is -2.35. The van der Waals surface area contributed by atoms with Crippen LogP contribution in [0.25, 0.3) is 0 Å². The molecule has 9 nitrogen and oxygen atoms in total. The molecule has 2 N–H and O–H groups in total. The summed E-state index contributed by atoms with van der Waals surface area (Å²) >= 11 is 0. The zero-order chi connectivity index (χ0) is 25.7. The van der Waals surface area contributed by atoms with E-state index in [0.29, 0.717) is 18.8 Å². The van der Waals surface area contributed by atoms with Crippen molar-refractivity contribution in [3.05, 3.63) is 48.3 Å². The van der Waals surface area contributed by atoms with Gasteiger partial charge in [0.05, 0.1) is 17.9 Å². The van der Waals surface area contributed by atoms with Crippen LogP contribution in [0.2, 0.25) is 0 Å². The highest BCUT2D eigenvalue weighted by Gasteiger charge is 2.32. The minimum Gasteiger partial charge on any atom is -0.444 e. The number of hydrogen-bond acceptors (Lipinski definition) is 6. The number of nitrogens with zero attached hydrogens (tertiary/aromatic N) is 4. The fourth-order valence-electron chi connectivity index (χ4n) is 3.59. The molecule has 1 unspecified atom stereocenters. The zero-order valence-electron chi connectivity index (χ0n) is 21.6. The van der Waals surface area contributed by atoms with E-state index in [9.17, 15) is 9.59 Å². The van der Waals surface area contributed by atoms with Crippen molar-refractivity contribution in [2.24, 2.45) is 5.92 Å². The summed E-state index contributed by atoms with van der Waals surface area (Å²) in [5.74, 6) is -0.253. The van der Waals surface area contributed by atoms with Gasteiger partial charge < -0.3 is 25.0 Å². The lowest BCUT2D eigenvalue weighted by molar-refractivity contribution is 0.0188. The normalized spacial score (nSPS) is 12.9. The Morgan fingerprint density at radius 2 is 1.41 bits per heavy atom. The van der Waals surface area contributed by atoms with E-state index in [2.05, 4.69) is 5.10 Å². The van der Waals surface area contributed by atoms with Crippen molar-refractivity contribution in [2.45, 2.75) is 58.8 Å². The van der Waals surface area contributed by atoms with Crippen LogP contribution in [0.3, 0.4) is 0 Å². The van der Waals surface area contributed by atoms with E-state index < -0.39 is 23.4 Å². The molecule has 34 heavy (non-hydrogen) atoms. The summed E-state index contributed by atoms with van der Waals surface area (Å²) in [7, 11) is 3.38. The maximum atomic E-state index is 12.8. The minimum absolute atomic E-state index is 0.253. The van der Waals surface area contributed by atoms with E-state index in [1.165, 1.54) is 9.80 Å². The molecule has 1 aromatic carbocycles. The van der Waals surface area contributed by atoms with Gasteiger partial charge in [-0.05, 0) is 47.1 Å². The number of carbonyl (C=O) groups is 2. The highest BCUT2D eigenvalue weighted by atomic mass is 16.6. The molecule has 2 amide bonds. The first-order valence-electron chi connectivity index (χ1n) is 11.4. The summed E-state index contributed by atoms with van der Waals surface area (Å²) in [4.78, 5) is 28.6. The van der Waals surface area contributed by atoms with Crippen LogP contribution in [-0.2, 0) is 9.47 Å². The zero-order valence-corrected chi connectivity index (χ0v) is 21.6. The Hall–Kier alpha value is -3.23. The highest BCUT2D eigenvalue weighted by molar-refractivity contribution is 5.68. The van der Waals surface area contributed by atoms with Gasteiger partial charge in [-0.1, -0.05) is 30.3 Å². The van der Waals surface area contributed by atoms with Crippen molar-refractivity contribution in [1.82, 2.24) is 19.6 Å². The first-order valence-corrected chi connectivity index (χ1v) is 11.4. The smallest absolute Gasteiger partial charge is 0.410 e. The van der Waals surface area contributed by atoms with E-state index >= 15 is 0 Å². The number of ether oxygens (including phenoxy) is 2. The summed E-state index contributed by atoms with van der Waals surface area (Å²) in [5, 5.41) is 4.46. The molecular weight excluding hydrogens is 434 g/mol. The van der Waals surface area contributed by atoms with Crippen molar-refractivity contribution in [3.8, 4) is 0 Å². The first kappa shape index (κ1) is 27.0. The summed E-state index contributed by atoms with van der Waals surface area (Å²) in [6.45, 7) is 11.6. The number of anilines is 1. The third-order valence-corrected chi connectivity index (χ3v) is 4.92. The van der Waals surface area contributed by atoms with E-state index in [1.807, 2.05) is 71.9 Å². The second kappa shape index (κ2) is 10.8. The third-order valence-electron chi connectivity index (χ3n) is 4.92. The number of nitrogens with two attached hydrogens (primary N) is 1. The predicted molar refractivity (Wildman–Crippen MR) is 132 cm³/mol. The molecule has 0 aliphatic rings. The molecule has 0 aliphatic carbocycles. The average molecular weight is 474 g/mol. The molecular formula is C25H39N5O4. The van der Waals surface area contributed by atoms with Crippen molar-refractivity contribution >= 4 is 17.9 Å². The number of rotatable bonds is 7. The van der Waals surface area contributed by atoms with Gasteiger partial charge in [-0.2, -0.15) is 5.10 Å². The Kier molecular flexibility index (Phi) is 8.58. The molecule has 0 saturated carbocycles. The molecule has 1 atom stereocenters. The number of nitrogen functional groups attached to an aromatic ring is 1. The van der Waals surface area contributed by atoms with Crippen molar-refractivity contribution < 1.29 is 19.1 Å². The van der Waals surface area contributed by atoms with Crippen molar-refractivity contribution in [1.29, 1.82) is 0 Å². The topological polar surface area (TPSA) is 103 Å². The lowest BCUT2D eigenvalue weighted by Crippen LogP contribution is -2.45. The molecule has 0 bridgehead atoms. The van der Waals surface area contributed by atoms with Crippen molar-refractivity contribution in [2.75, 3.05) is 32.9 Å². The third kappa shape index (κ3) is 8.28. The van der Waals surface area contributed by atoms with Gasteiger partial charge in [0.25, 0.3) is 0 Å². The predicted octanol–water partition coefficient (Wildman–Crippen LogP) is 4.40. The standard InChI is InChI=1S/C25H39N5O4/c1-24(2,3)33-22(31)28(7)15-19(16-29(8)23(32)34-25(4,5)6)21(18-12-10-9-11-13-18)30-17-20(26)14-27-30/h9-14,17,19,21H,15-16,26H2,1-8H3. The molecule has 0 aliphatic heterocycles. The minimum atomic E-state index is -0.622. The fraction of sp³-hybridized carbons (Fsp3) is 0.560. The van der Waals surface area contributed by atoms with Crippen LogP contribution in [0.5, 0.6) is 0 Å². The van der Waals surface area contributed by atoms with Gasteiger partial charge in [0, 0.05) is 39.3 Å². The summed E-state index contributed by atoms with van der Waals surface area (Å²) in [6, 6.07) is 9.52. The summed E-state index contributed by atoms with van der Waals surface area (Å²) in [6.07, 6.45) is 2.46. The molecule has 2 rings (SSSR count). The van der Waals surface area contributed by atoms with Crippen LogP contribution in [0.1, 0.15) is 53.1 Å². The first-order chi connectivity index (χ1) is 15.7. The van der Waals surface area contributed by atoms with Crippen LogP contribution in [0, 0.1) is 5.92 Å². The lowest BCUT2D eigenvalue weighted by atomic mass is 9.92. The Morgan fingerprint density at radius 3 is 1.79 bits per heavy atom. The number of aromatic nitrogens is 2. The molecule has 0 saturated heterocycles. The quantitative estimate of drug-likeness (QED) is 0.639. The molecule has 9 heteroatoms. The molecule has 1 aromatic heterocycles. The van der Waals surface area contributed by atoms with Crippen LogP contribution in [0.4, 0.5) is 15.3 Å². The van der Waals surface area contributed by atoms with E-state index in [1.54, 1.807) is 31.2 Å². The molecule has 1 heterocycles. The van der Waals surface area contributed by atoms with Crippen molar-refractivity contribution in [3.63, 3.8) is 0 Å². The SMILES string of the molecule is CN(CC(CN(C)C(=O)OC(C)(C)C)C(c1ccccc1)n1cc(N)cn1)C(=O)OC(C)(C)C. The second-order valence-corrected chi connectivity index (χ2v) is 10.6. The molecule has 0 spiro atoms. The Morgan fingerprint density at radius 1 is 0.941 bits per heavy atom.